The van der Waals surface area contributed by atoms with Crippen molar-refractivity contribution in [2.45, 2.75) is 90.9 Å². The highest BCUT2D eigenvalue weighted by molar-refractivity contribution is 5.76. The normalized spacial score (nSPS) is 10.3. The van der Waals surface area contributed by atoms with Gasteiger partial charge in [-0.15, -0.1) is 0 Å². The summed E-state index contributed by atoms with van der Waals surface area (Å²) in [5.41, 5.74) is 0. The Morgan fingerprint density at radius 3 is 1.33 bits per heavy atom. The first-order valence-electron chi connectivity index (χ1n) is 11.5. The molecule has 4 N–H and O–H groups in total. The lowest BCUT2D eigenvalue weighted by Crippen LogP contribution is -2.33. The summed E-state index contributed by atoms with van der Waals surface area (Å²) < 4.78 is 0. The lowest BCUT2D eigenvalue weighted by atomic mass is 10.1. The Balaban J connectivity index is 3.38. The van der Waals surface area contributed by atoms with Crippen LogP contribution in [0, 0.1) is 0 Å². The summed E-state index contributed by atoms with van der Waals surface area (Å²) in [5, 5.41) is 11.2. The number of hydrogen-bond donors (Lipinski definition) is 4. The standard InChI is InChI=1S/C22H42N4O4/c1-3-4-7-12-20(28)24-15-10-5-8-13-21(29)25-16-11-6-9-14-22(30)26-18-17-23-19(2)27/h3-18H2,1-2H3,(H,23,27)(H,24,28)(H,25,29)(H,26,30). The number of unbranched alkanes of at least 4 members (excludes halogenated alkanes) is 6. The zero-order chi connectivity index (χ0) is 22.5. The van der Waals surface area contributed by atoms with Gasteiger partial charge in [0.05, 0.1) is 0 Å². The molecule has 4 amide bonds. The monoisotopic (exact) mass is 426 g/mol. The molecule has 0 unspecified atom stereocenters. The molecule has 0 aromatic rings. The van der Waals surface area contributed by atoms with Crippen LogP contribution in [0.3, 0.4) is 0 Å². The van der Waals surface area contributed by atoms with Crippen molar-refractivity contribution < 1.29 is 19.2 Å². The minimum atomic E-state index is -0.104. The number of carbonyl (C=O) groups excluding carboxylic acids is 4. The molecule has 0 aliphatic carbocycles. The number of carbonyl (C=O) groups is 4. The van der Waals surface area contributed by atoms with E-state index in [9.17, 15) is 19.2 Å². The molecule has 8 heteroatoms. The fourth-order valence-electron chi connectivity index (χ4n) is 2.87. The average Bonchev–Trinajstić information content (AvgIpc) is 2.70. The van der Waals surface area contributed by atoms with Crippen LogP contribution in [0.25, 0.3) is 0 Å². The number of rotatable bonds is 19. The van der Waals surface area contributed by atoms with Crippen LogP contribution in [0.4, 0.5) is 0 Å². The van der Waals surface area contributed by atoms with Gasteiger partial charge in [0.1, 0.15) is 0 Å². The zero-order valence-corrected chi connectivity index (χ0v) is 18.9. The van der Waals surface area contributed by atoms with Gasteiger partial charge in [0, 0.05) is 52.4 Å². The molecule has 0 heterocycles. The molecule has 0 atom stereocenters. The van der Waals surface area contributed by atoms with E-state index in [2.05, 4.69) is 28.2 Å². The summed E-state index contributed by atoms with van der Waals surface area (Å²) in [6, 6.07) is 0. The van der Waals surface area contributed by atoms with Crippen molar-refractivity contribution in [1.29, 1.82) is 0 Å². The van der Waals surface area contributed by atoms with E-state index < -0.39 is 0 Å². The SMILES string of the molecule is CCCCCC(=O)NCCCCCC(=O)NCCCCCC(=O)NCCNC(C)=O. The Morgan fingerprint density at radius 2 is 0.900 bits per heavy atom. The minimum absolute atomic E-state index is 0.0125. The Morgan fingerprint density at radius 1 is 0.500 bits per heavy atom. The van der Waals surface area contributed by atoms with E-state index in [0.717, 1.165) is 57.8 Å². The Hall–Kier alpha value is -2.12. The average molecular weight is 427 g/mol. The predicted octanol–water partition coefficient (Wildman–Crippen LogP) is 2.17. The summed E-state index contributed by atoms with van der Waals surface area (Å²) in [4.78, 5) is 45.7. The van der Waals surface area contributed by atoms with E-state index in [-0.39, 0.29) is 23.6 Å². The Bertz CT molecular complexity index is 498. The largest absolute Gasteiger partial charge is 0.356 e. The molecule has 0 saturated carbocycles. The van der Waals surface area contributed by atoms with E-state index in [1.165, 1.54) is 6.92 Å². The molecule has 8 nitrogen and oxygen atoms in total. The fraction of sp³-hybridized carbons (Fsp3) is 0.818. The smallest absolute Gasteiger partial charge is 0.220 e. The van der Waals surface area contributed by atoms with Crippen LogP contribution < -0.4 is 21.3 Å². The maximum absolute atomic E-state index is 11.8. The van der Waals surface area contributed by atoms with Gasteiger partial charge in [-0.3, -0.25) is 19.2 Å². The maximum atomic E-state index is 11.8. The molecule has 0 aliphatic rings. The molecule has 0 aromatic heterocycles. The molecule has 30 heavy (non-hydrogen) atoms. The predicted molar refractivity (Wildman–Crippen MR) is 119 cm³/mol. The van der Waals surface area contributed by atoms with Crippen LogP contribution in [0.2, 0.25) is 0 Å². The Kier molecular flexibility index (Phi) is 18.7. The van der Waals surface area contributed by atoms with Gasteiger partial charge in [0.2, 0.25) is 23.6 Å². The van der Waals surface area contributed by atoms with E-state index in [4.69, 9.17) is 0 Å². The fourth-order valence-corrected chi connectivity index (χ4v) is 2.87. The van der Waals surface area contributed by atoms with Crippen LogP contribution in [0.5, 0.6) is 0 Å². The second kappa shape index (κ2) is 20.2. The van der Waals surface area contributed by atoms with Crippen molar-refractivity contribution in [3.8, 4) is 0 Å². The van der Waals surface area contributed by atoms with Gasteiger partial charge in [0.15, 0.2) is 0 Å². The highest BCUT2D eigenvalue weighted by Crippen LogP contribution is 2.02. The molecule has 0 bridgehead atoms. The van der Waals surface area contributed by atoms with Gasteiger partial charge in [0.25, 0.3) is 0 Å². The van der Waals surface area contributed by atoms with Crippen molar-refractivity contribution in [2.75, 3.05) is 26.2 Å². The minimum Gasteiger partial charge on any atom is -0.356 e. The highest BCUT2D eigenvalue weighted by atomic mass is 16.2. The number of hydrogen-bond acceptors (Lipinski definition) is 4. The molecule has 0 radical (unpaired) electrons. The van der Waals surface area contributed by atoms with Crippen LogP contribution in [-0.2, 0) is 19.2 Å². The molecule has 0 spiro atoms. The molecular weight excluding hydrogens is 384 g/mol. The first kappa shape index (κ1) is 27.9. The molecule has 0 aromatic carbocycles. The number of amides is 4. The summed E-state index contributed by atoms with van der Waals surface area (Å²) in [6.07, 6.45) is 9.95. The lowest BCUT2D eigenvalue weighted by molar-refractivity contribution is -0.122. The molecule has 0 fully saturated rings. The van der Waals surface area contributed by atoms with Crippen molar-refractivity contribution >= 4 is 23.6 Å². The zero-order valence-electron chi connectivity index (χ0n) is 18.9. The first-order chi connectivity index (χ1) is 14.5. The molecule has 0 aliphatic heterocycles. The third kappa shape index (κ3) is 20.6. The second-order valence-electron chi connectivity index (χ2n) is 7.61. The van der Waals surface area contributed by atoms with E-state index in [0.29, 0.717) is 45.4 Å². The number of nitrogens with one attached hydrogen (secondary N) is 4. The van der Waals surface area contributed by atoms with Crippen LogP contribution in [-0.4, -0.2) is 49.8 Å². The van der Waals surface area contributed by atoms with Crippen LogP contribution in [0.15, 0.2) is 0 Å². The van der Waals surface area contributed by atoms with Gasteiger partial charge in [-0.1, -0.05) is 32.6 Å². The highest BCUT2D eigenvalue weighted by Gasteiger charge is 2.03. The van der Waals surface area contributed by atoms with Gasteiger partial charge >= 0.3 is 0 Å². The van der Waals surface area contributed by atoms with Crippen molar-refractivity contribution in [2.24, 2.45) is 0 Å². The molecule has 174 valence electrons. The Labute approximate surface area is 181 Å². The van der Waals surface area contributed by atoms with Gasteiger partial charge < -0.3 is 21.3 Å². The summed E-state index contributed by atoms with van der Waals surface area (Å²) in [5.74, 6) is 0.0764. The quantitative estimate of drug-likeness (QED) is 0.237. The van der Waals surface area contributed by atoms with Gasteiger partial charge in [-0.2, -0.15) is 0 Å². The van der Waals surface area contributed by atoms with Crippen LogP contribution >= 0.6 is 0 Å². The molecular formula is C22H42N4O4. The van der Waals surface area contributed by atoms with Crippen molar-refractivity contribution in [3.05, 3.63) is 0 Å². The third-order valence-electron chi connectivity index (χ3n) is 4.63. The maximum Gasteiger partial charge on any atom is 0.220 e. The van der Waals surface area contributed by atoms with Gasteiger partial charge in [-0.25, -0.2) is 0 Å². The van der Waals surface area contributed by atoms with E-state index >= 15 is 0 Å². The summed E-state index contributed by atoms with van der Waals surface area (Å²) in [6.45, 7) is 5.78. The van der Waals surface area contributed by atoms with Gasteiger partial charge in [-0.05, 0) is 32.1 Å². The van der Waals surface area contributed by atoms with E-state index in [1.807, 2.05) is 0 Å². The summed E-state index contributed by atoms with van der Waals surface area (Å²) >= 11 is 0. The topological polar surface area (TPSA) is 116 Å². The third-order valence-corrected chi connectivity index (χ3v) is 4.63. The van der Waals surface area contributed by atoms with E-state index in [1.54, 1.807) is 0 Å². The molecule has 0 saturated heterocycles. The van der Waals surface area contributed by atoms with Crippen molar-refractivity contribution in [1.82, 2.24) is 21.3 Å². The second-order valence-corrected chi connectivity index (χ2v) is 7.61. The lowest BCUT2D eigenvalue weighted by Gasteiger charge is -2.07. The summed E-state index contributed by atoms with van der Waals surface area (Å²) in [7, 11) is 0. The van der Waals surface area contributed by atoms with Crippen LogP contribution in [0.1, 0.15) is 90.9 Å². The molecule has 0 rings (SSSR count). The van der Waals surface area contributed by atoms with Crippen molar-refractivity contribution in [3.63, 3.8) is 0 Å². The first-order valence-corrected chi connectivity index (χ1v) is 11.5.